The fraction of sp³-hybridized carbons (Fsp3) is 0.273. The maximum Gasteiger partial charge on any atom is 0.217 e. The van der Waals surface area contributed by atoms with Gasteiger partial charge < -0.3 is 10.4 Å². The van der Waals surface area contributed by atoms with Gasteiger partial charge >= 0.3 is 0 Å². The van der Waals surface area contributed by atoms with Gasteiger partial charge in [-0.05, 0) is 24.6 Å². The molecule has 0 aliphatic heterocycles. The first-order chi connectivity index (χ1) is 7.00. The summed E-state index contributed by atoms with van der Waals surface area (Å²) in [5.74, 6) is -0.275. The average Bonchev–Trinajstić information content (AvgIpc) is 2.15. The fourth-order valence-electron chi connectivity index (χ4n) is 1.29. The molecule has 0 fully saturated rings. The molecule has 1 aromatic rings. The molecular formula is C11H13NO3. The van der Waals surface area contributed by atoms with Gasteiger partial charge in [0.1, 0.15) is 11.8 Å². The van der Waals surface area contributed by atoms with Crippen LogP contribution in [0.1, 0.15) is 25.5 Å². The van der Waals surface area contributed by atoms with Crippen molar-refractivity contribution in [2.45, 2.75) is 19.9 Å². The molecule has 0 aromatic heterocycles. The van der Waals surface area contributed by atoms with Crippen LogP contribution in [0.4, 0.5) is 0 Å². The van der Waals surface area contributed by atoms with Crippen molar-refractivity contribution in [3.8, 4) is 5.75 Å². The molecule has 0 saturated carbocycles. The van der Waals surface area contributed by atoms with Gasteiger partial charge in [-0.25, -0.2) is 0 Å². The Morgan fingerprint density at radius 2 is 1.73 bits per heavy atom. The van der Waals surface area contributed by atoms with E-state index in [1.165, 1.54) is 26.0 Å². The summed E-state index contributed by atoms with van der Waals surface area (Å²) >= 11 is 0. The molecule has 0 heterocycles. The Labute approximate surface area is 87.9 Å². The van der Waals surface area contributed by atoms with Gasteiger partial charge in [0.25, 0.3) is 0 Å². The van der Waals surface area contributed by atoms with E-state index in [1.807, 2.05) is 0 Å². The van der Waals surface area contributed by atoms with Crippen LogP contribution in [0.25, 0.3) is 0 Å². The molecule has 0 radical (unpaired) electrons. The number of hydrogen-bond acceptors (Lipinski definition) is 3. The van der Waals surface area contributed by atoms with E-state index in [4.69, 9.17) is 5.11 Å². The topological polar surface area (TPSA) is 66.4 Å². The lowest BCUT2D eigenvalue weighted by molar-refractivity contribution is -0.125. The molecule has 2 N–H and O–H groups in total. The van der Waals surface area contributed by atoms with Crippen molar-refractivity contribution in [1.29, 1.82) is 0 Å². The van der Waals surface area contributed by atoms with Crippen molar-refractivity contribution in [2.75, 3.05) is 0 Å². The lowest BCUT2D eigenvalue weighted by atomic mass is 10.0. The maximum absolute atomic E-state index is 11.3. The summed E-state index contributed by atoms with van der Waals surface area (Å²) in [6.45, 7) is 2.77. The predicted octanol–water partition coefficient (Wildman–Crippen LogP) is 1.16. The van der Waals surface area contributed by atoms with Crippen LogP contribution in [0, 0.1) is 0 Å². The molecule has 0 saturated heterocycles. The van der Waals surface area contributed by atoms with Crippen LogP contribution in [0.5, 0.6) is 5.75 Å². The van der Waals surface area contributed by atoms with E-state index in [0.717, 1.165) is 0 Å². The highest BCUT2D eigenvalue weighted by molar-refractivity contribution is 5.87. The van der Waals surface area contributed by atoms with Crippen molar-refractivity contribution in [3.63, 3.8) is 0 Å². The number of carbonyl (C=O) groups excluding carboxylic acids is 2. The highest BCUT2D eigenvalue weighted by Crippen LogP contribution is 2.17. The second-order valence-corrected chi connectivity index (χ2v) is 3.34. The van der Waals surface area contributed by atoms with E-state index in [0.29, 0.717) is 5.56 Å². The molecule has 1 atom stereocenters. The van der Waals surface area contributed by atoms with E-state index in [2.05, 4.69) is 5.32 Å². The number of rotatable bonds is 3. The minimum Gasteiger partial charge on any atom is -0.508 e. The molecule has 0 unspecified atom stereocenters. The number of benzene rings is 1. The number of Topliss-reactive ketones (excluding diaryl/α,β-unsaturated/α-hetero) is 1. The Morgan fingerprint density at radius 1 is 1.20 bits per heavy atom. The van der Waals surface area contributed by atoms with Crippen molar-refractivity contribution >= 4 is 11.7 Å². The van der Waals surface area contributed by atoms with Crippen molar-refractivity contribution in [1.82, 2.24) is 5.32 Å². The normalized spacial score (nSPS) is 11.9. The van der Waals surface area contributed by atoms with Crippen LogP contribution >= 0.6 is 0 Å². The van der Waals surface area contributed by atoms with Crippen molar-refractivity contribution < 1.29 is 14.7 Å². The number of phenols is 1. The van der Waals surface area contributed by atoms with Crippen LogP contribution in [0.2, 0.25) is 0 Å². The Kier molecular flexibility index (Phi) is 3.44. The fourth-order valence-corrected chi connectivity index (χ4v) is 1.29. The summed E-state index contributed by atoms with van der Waals surface area (Å²) in [5, 5.41) is 11.6. The predicted molar refractivity (Wildman–Crippen MR) is 55.3 cm³/mol. The van der Waals surface area contributed by atoms with Gasteiger partial charge in [0, 0.05) is 6.92 Å². The maximum atomic E-state index is 11.3. The number of amides is 1. The zero-order chi connectivity index (χ0) is 11.4. The molecule has 4 nitrogen and oxygen atoms in total. The molecule has 0 aliphatic rings. The van der Waals surface area contributed by atoms with Gasteiger partial charge in [0.05, 0.1) is 0 Å². The molecule has 1 rings (SSSR count). The van der Waals surface area contributed by atoms with Gasteiger partial charge in [-0.15, -0.1) is 0 Å². The minimum absolute atomic E-state index is 0.129. The molecular weight excluding hydrogens is 194 g/mol. The third-order valence-corrected chi connectivity index (χ3v) is 1.98. The average molecular weight is 207 g/mol. The number of carbonyl (C=O) groups is 2. The van der Waals surface area contributed by atoms with Crippen LogP contribution in [-0.2, 0) is 9.59 Å². The number of aromatic hydroxyl groups is 1. The quantitative estimate of drug-likeness (QED) is 0.781. The smallest absolute Gasteiger partial charge is 0.217 e. The van der Waals surface area contributed by atoms with Crippen molar-refractivity contribution in [2.24, 2.45) is 0 Å². The first-order valence-corrected chi connectivity index (χ1v) is 4.57. The molecule has 0 aliphatic carbocycles. The first-order valence-electron chi connectivity index (χ1n) is 4.57. The second-order valence-electron chi connectivity index (χ2n) is 3.34. The number of phenolic OH excluding ortho intramolecular Hbond substituents is 1. The number of nitrogens with one attached hydrogen (secondary N) is 1. The van der Waals surface area contributed by atoms with Crippen molar-refractivity contribution in [3.05, 3.63) is 29.8 Å². The largest absolute Gasteiger partial charge is 0.508 e. The van der Waals surface area contributed by atoms with Crippen LogP contribution in [-0.4, -0.2) is 16.8 Å². The van der Waals surface area contributed by atoms with E-state index in [-0.39, 0.29) is 17.4 Å². The molecule has 1 amide bonds. The number of hydrogen-bond donors (Lipinski definition) is 2. The summed E-state index contributed by atoms with van der Waals surface area (Å²) in [4.78, 5) is 22.2. The molecule has 4 heteroatoms. The minimum atomic E-state index is -0.636. The highest BCUT2D eigenvalue weighted by atomic mass is 16.3. The van der Waals surface area contributed by atoms with E-state index in [1.54, 1.807) is 12.1 Å². The van der Waals surface area contributed by atoms with E-state index in [9.17, 15) is 9.59 Å². The SMILES string of the molecule is CC(=O)N[C@H](C(C)=O)c1ccc(O)cc1. The molecule has 80 valence electrons. The van der Waals surface area contributed by atoms with E-state index >= 15 is 0 Å². The molecule has 0 spiro atoms. The van der Waals surface area contributed by atoms with Gasteiger partial charge in [0.15, 0.2) is 5.78 Å². The zero-order valence-corrected chi connectivity index (χ0v) is 8.65. The van der Waals surface area contributed by atoms with Crippen LogP contribution < -0.4 is 5.32 Å². The lowest BCUT2D eigenvalue weighted by Gasteiger charge is -2.14. The zero-order valence-electron chi connectivity index (χ0n) is 8.65. The summed E-state index contributed by atoms with van der Waals surface area (Å²) in [7, 11) is 0. The summed E-state index contributed by atoms with van der Waals surface area (Å²) in [5.41, 5.74) is 0.663. The highest BCUT2D eigenvalue weighted by Gasteiger charge is 2.17. The van der Waals surface area contributed by atoms with Gasteiger partial charge in [-0.2, -0.15) is 0 Å². The summed E-state index contributed by atoms with van der Waals surface area (Å²) in [6, 6.07) is 5.54. The van der Waals surface area contributed by atoms with Crippen LogP contribution in [0.15, 0.2) is 24.3 Å². The van der Waals surface area contributed by atoms with Gasteiger partial charge in [-0.1, -0.05) is 12.1 Å². The Balaban J connectivity index is 2.94. The summed E-state index contributed by atoms with van der Waals surface area (Å²) in [6.07, 6.45) is 0. The Hall–Kier alpha value is -1.84. The summed E-state index contributed by atoms with van der Waals surface area (Å²) < 4.78 is 0. The lowest BCUT2D eigenvalue weighted by Crippen LogP contribution is -2.30. The van der Waals surface area contributed by atoms with Gasteiger partial charge in [-0.3, -0.25) is 9.59 Å². The second kappa shape index (κ2) is 4.59. The van der Waals surface area contributed by atoms with E-state index < -0.39 is 6.04 Å². The monoisotopic (exact) mass is 207 g/mol. The number of ketones is 1. The Bertz CT molecular complexity index is 370. The third-order valence-electron chi connectivity index (χ3n) is 1.98. The third kappa shape index (κ3) is 3.09. The molecule has 1 aromatic carbocycles. The molecule has 0 bridgehead atoms. The molecule has 15 heavy (non-hydrogen) atoms. The van der Waals surface area contributed by atoms with Gasteiger partial charge in [0.2, 0.25) is 5.91 Å². The first kappa shape index (κ1) is 11.2. The van der Waals surface area contributed by atoms with Crippen LogP contribution in [0.3, 0.4) is 0 Å². The standard InChI is InChI=1S/C11H13NO3/c1-7(13)11(12-8(2)14)9-3-5-10(15)6-4-9/h3-6,11,15H,1-2H3,(H,12,14)/t11-/m1/s1. The Morgan fingerprint density at radius 3 is 2.13 bits per heavy atom.